The first-order valence-corrected chi connectivity index (χ1v) is 9.96. The lowest BCUT2D eigenvalue weighted by molar-refractivity contribution is -0.227. The molecule has 1 aliphatic rings. The van der Waals surface area contributed by atoms with E-state index in [0.29, 0.717) is 26.3 Å². The molecule has 1 fully saturated rings. The van der Waals surface area contributed by atoms with Crippen LogP contribution in [0.3, 0.4) is 0 Å². The summed E-state index contributed by atoms with van der Waals surface area (Å²) in [4.78, 5) is 0. The van der Waals surface area contributed by atoms with Crippen molar-refractivity contribution in [1.29, 1.82) is 0 Å². The molecule has 2 heterocycles. The van der Waals surface area contributed by atoms with Gasteiger partial charge in [0.05, 0.1) is 32.5 Å². The normalized spacial score (nSPS) is 15.9. The van der Waals surface area contributed by atoms with Crippen LogP contribution in [0, 0.1) is 17.3 Å². The fraction of sp³-hybridized carbons (Fsp3) is 0.545. The van der Waals surface area contributed by atoms with Gasteiger partial charge in [0.2, 0.25) is 0 Å². The van der Waals surface area contributed by atoms with E-state index in [0.717, 1.165) is 23.2 Å². The second kappa shape index (κ2) is 10.4. The lowest BCUT2D eigenvalue weighted by Gasteiger charge is -2.34. The minimum atomic E-state index is -0.280. The van der Waals surface area contributed by atoms with Gasteiger partial charge < -0.3 is 15.2 Å². The molecule has 0 amide bonds. The van der Waals surface area contributed by atoms with Crippen LogP contribution in [0.25, 0.3) is 11.3 Å². The molecule has 3 rings (SSSR count). The minimum absolute atomic E-state index is 0.0641. The third-order valence-electron chi connectivity index (χ3n) is 4.29. The molecule has 28 heavy (non-hydrogen) atoms. The zero-order chi connectivity index (χ0) is 20.6. The molecule has 152 valence electrons. The summed E-state index contributed by atoms with van der Waals surface area (Å²) in [7, 11) is 0. The van der Waals surface area contributed by atoms with Crippen LogP contribution in [0.5, 0.6) is 0 Å². The van der Waals surface area contributed by atoms with Crippen LogP contribution < -0.4 is 5.73 Å². The Kier molecular flexibility index (Phi) is 8.18. The summed E-state index contributed by atoms with van der Waals surface area (Å²) in [6.45, 7) is 12.6. The summed E-state index contributed by atoms with van der Waals surface area (Å²) < 4.78 is 13.3. The van der Waals surface area contributed by atoms with Crippen molar-refractivity contribution in [3.63, 3.8) is 0 Å². The SMILES string of the molecule is CC.CCc1cc(C#CCN)ccc1-c1cn(CC2OCC(C)(C)CO2)nn1. The molecule has 2 aromatic rings. The van der Waals surface area contributed by atoms with Crippen molar-refractivity contribution < 1.29 is 9.47 Å². The Bertz CT molecular complexity index is 807. The van der Waals surface area contributed by atoms with Crippen LogP contribution in [0.2, 0.25) is 0 Å². The van der Waals surface area contributed by atoms with Gasteiger partial charge in [-0.05, 0) is 24.1 Å². The largest absolute Gasteiger partial charge is 0.350 e. The average Bonchev–Trinajstić information content (AvgIpc) is 3.17. The molecule has 1 saturated heterocycles. The van der Waals surface area contributed by atoms with Gasteiger partial charge in [-0.25, -0.2) is 4.68 Å². The van der Waals surface area contributed by atoms with Crippen LogP contribution in [0.4, 0.5) is 0 Å². The molecule has 0 radical (unpaired) electrons. The third-order valence-corrected chi connectivity index (χ3v) is 4.29. The van der Waals surface area contributed by atoms with Crippen LogP contribution in [-0.2, 0) is 22.4 Å². The van der Waals surface area contributed by atoms with Crippen molar-refractivity contribution in [2.24, 2.45) is 11.1 Å². The predicted octanol–water partition coefficient (Wildman–Crippen LogP) is 3.24. The molecule has 1 aromatic carbocycles. The monoisotopic (exact) mass is 384 g/mol. The molecule has 1 aliphatic heterocycles. The van der Waals surface area contributed by atoms with Gasteiger partial charge in [0.25, 0.3) is 0 Å². The lowest BCUT2D eigenvalue weighted by Crippen LogP contribution is -2.39. The lowest BCUT2D eigenvalue weighted by atomic mass is 9.96. The molecule has 2 N–H and O–H groups in total. The number of aryl methyl sites for hydroxylation is 1. The summed E-state index contributed by atoms with van der Waals surface area (Å²) in [6.07, 6.45) is 2.55. The standard InChI is InChI=1S/C20H26N4O2.C2H6/c1-4-16-10-15(6-5-9-21)7-8-17(16)18-11-24(23-22-18)12-19-25-13-20(2,3)14-26-19;1-2/h7-8,10-11,19H,4,9,12-14,21H2,1-3H3;1-2H3. The highest BCUT2D eigenvalue weighted by atomic mass is 16.7. The van der Waals surface area contributed by atoms with Gasteiger partial charge in [0, 0.05) is 16.5 Å². The van der Waals surface area contributed by atoms with Gasteiger partial charge in [0.1, 0.15) is 5.69 Å². The number of benzene rings is 1. The van der Waals surface area contributed by atoms with Crippen molar-refractivity contribution >= 4 is 0 Å². The maximum absolute atomic E-state index is 5.77. The van der Waals surface area contributed by atoms with E-state index in [2.05, 4.69) is 49.0 Å². The van der Waals surface area contributed by atoms with Crippen LogP contribution >= 0.6 is 0 Å². The minimum Gasteiger partial charge on any atom is -0.350 e. The smallest absolute Gasteiger partial charge is 0.177 e. The zero-order valence-electron chi connectivity index (χ0n) is 17.7. The zero-order valence-corrected chi connectivity index (χ0v) is 17.7. The number of nitrogens with two attached hydrogens (primary N) is 1. The molecular weight excluding hydrogens is 352 g/mol. The molecule has 6 heteroatoms. The van der Waals surface area contributed by atoms with E-state index in [1.807, 2.05) is 32.2 Å². The molecular formula is C22H32N4O2. The topological polar surface area (TPSA) is 75.2 Å². The van der Waals surface area contributed by atoms with E-state index in [1.165, 1.54) is 5.56 Å². The van der Waals surface area contributed by atoms with Crippen LogP contribution in [0.15, 0.2) is 24.4 Å². The van der Waals surface area contributed by atoms with Gasteiger partial charge in [-0.2, -0.15) is 0 Å². The molecule has 0 spiro atoms. The summed E-state index contributed by atoms with van der Waals surface area (Å²) in [5.41, 5.74) is 9.58. The Hall–Kier alpha value is -2.20. The third kappa shape index (κ3) is 5.90. The Morgan fingerprint density at radius 3 is 2.61 bits per heavy atom. The van der Waals surface area contributed by atoms with Crippen molar-refractivity contribution in [3.8, 4) is 23.1 Å². The van der Waals surface area contributed by atoms with Gasteiger partial charge >= 0.3 is 0 Å². The molecule has 1 aromatic heterocycles. The van der Waals surface area contributed by atoms with E-state index in [1.54, 1.807) is 4.68 Å². The highest BCUT2D eigenvalue weighted by Crippen LogP contribution is 2.25. The first kappa shape index (κ1) is 22.1. The van der Waals surface area contributed by atoms with Gasteiger partial charge in [-0.1, -0.05) is 57.7 Å². The Morgan fingerprint density at radius 2 is 1.96 bits per heavy atom. The first-order valence-electron chi connectivity index (χ1n) is 9.96. The van der Waals surface area contributed by atoms with Crippen molar-refractivity contribution in [2.45, 2.75) is 53.9 Å². The summed E-state index contributed by atoms with van der Waals surface area (Å²) in [6, 6.07) is 6.13. The Labute approximate surface area is 168 Å². The second-order valence-corrected chi connectivity index (χ2v) is 7.27. The van der Waals surface area contributed by atoms with Crippen LogP contribution in [0.1, 0.15) is 45.7 Å². The number of hydrogen-bond donors (Lipinski definition) is 1. The second-order valence-electron chi connectivity index (χ2n) is 7.27. The first-order chi connectivity index (χ1) is 13.5. The molecule has 0 unspecified atom stereocenters. The Balaban J connectivity index is 0.00000136. The van der Waals surface area contributed by atoms with Gasteiger partial charge in [-0.15, -0.1) is 5.10 Å². The summed E-state index contributed by atoms with van der Waals surface area (Å²) in [5, 5.41) is 8.56. The van der Waals surface area contributed by atoms with E-state index in [-0.39, 0.29) is 11.7 Å². The van der Waals surface area contributed by atoms with E-state index < -0.39 is 0 Å². The molecule has 0 atom stereocenters. The fourth-order valence-corrected chi connectivity index (χ4v) is 2.86. The maximum atomic E-state index is 5.77. The van der Waals surface area contributed by atoms with E-state index in [4.69, 9.17) is 15.2 Å². The molecule has 0 saturated carbocycles. The fourth-order valence-electron chi connectivity index (χ4n) is 2.86. The summed E-state index contributed by atoms with van der Waals surface area (Å²) in [5.74, 6) is 5.96. The van der Waals surface area contributed by atoms with Crippen molar-refractivity contribution in [1.82, 2.24) is 15.0 Å². The van der Waals surface area contributed by atoms with Gasteiger partial charge in [0.15, 0.2) is 6.29 Å². The number of ether oxygens (including phenoxy) is 2. The quantitative estimate of drug-likeness (QED) is 0.819. The van der Waals surface area contributed by atoms with E-state index >= 15 is 0 Å². The highest BCUT2D eigenvalue weighted by Gasteiger charge is 2.28. The average molecular weight is 385 g/mol. The molecule has 6 nitrogen and oxygen atoms in total. The van der Waals surface area contributed by atoms with Crippen molar-refractivity contribution in [2.75, 3.05) is 19.8 Å². The molecule has 0 aliphatic carbocycles. The number of hydrogen-bond acceptors (Lipinski definition) is 5. The van der Waals surface area contributed by atoms with Crippen LogP contribution in [-0.4, -0.2) is 41.0 Å². The Morgan fingerprint density at radius 1 is 1.25 bits per heavy atom. The molecule has 0 bridgehead atoms. The number of rotatable bonds is 4. The maximum Gasteiger partial charge on any atom is 0.177 e. The van der Waals surface area contributed by atoms with Gasteiger partial charge in [-0.3, -0.25) is 0 Å². The summed E-state index contributed by atoms with van der Waals surface area (Å²) >= 11 is 0. The van der Waals surface area contributed by atoms with E-state index in [9.17, 15) is 0 Å². The predicted molar refractivity (Wildman–Crippen MR) is 112 cm³/mol. The number of nitrogens with zero attached hydrogens (tertiary/aromatic N) is 3. The number of aromatic nitrogens is 3. The highest BCUT2D eigenvalue weighted by molar-refractivity contribution is 5.64. The van der Waals surface area contributed by atoms with Crippen molar-refractivity contribution in [3.05, 3.63) is 35.5 Å².